The molecule has 2 unspecified atom stereocenters. The van der Waals surface area contributed by atoms with Crippen LogP contribution >= 0.6 is 24.8 Å². The second kappa shape index (κ2) is 11.9. The van der Waals surface area contributed by atoms with Gasteiger partial charge in [0.2, 0.25) is 0 Å². The van der Waals surface area contributed by atoms with Crippen LogP contribution in [0.4, 0.5) is 0 Å². The molecule has 2 atom stereocenters. The first-order valence-corrected chi connectivity index (χ1v) is 11.2. The predicted octanol–water partition coefficient (Wildman–Crippen LogP) is 7.21. The van der Waals surface area contributed by atoms with E-state index in [2.05, 4.69) is 52.0 Å². The third kappa shape index (κ3) is 6.34. The van der Waals surface area contributed by atoms with Gasteiger partial charge in [0.15, 0.2) is 0 Å². The van der Waals surface area contributed by atoms with Gasteiger partial charge in [0.25, 0.3) is 0 Å². The van der Waals surface area contributed by atoms with E-state index in [4.69, 9.17) is 0 Å². The van der Waals surface area contributed by atoms with E-state index in [-0.39, 0.29) is 24.8 Å². The molecule has 0 aromatic heterocycles. The molecule has 0 N–H and O–H groups in total. The van der Waals surface area contributed by atoms with E-state index in [0.29, 0.717) is 0 Å². The molecule has 2 rings (SSSR count). The second-order valence-electron chi connectivity index (χ2n) is 6.59. The SMILES string of the molecule is CCCC(C)C1=[C]([Zr][C]2=C(C(C)CCC)C=CC2)CC=C1.Cl.Cl. The molecule has 0 saturated carbocycles. The Bertz CT molecular complexity index is 442. The Morgan fingerprint density at radius 1 is 0.826 bits per heavy atom. The van der Waals surface area contributed by atoms with Crippen molar-refractivity contribution in [2.24, 2.45) is 11.8 Å². The molecule has 0 aromatic rings. The Labute approximate surface area is 167 Å². The van der Waals surface area contributed by atoms with Gasteiger partial charge in [-0.25, -0.2) is 0 Å². The molecule has 0 bridgehead atoms. The second-order valence-corrected chi connectivity index (χ2v) is 10.2. The van der Waals surface area contributed by atoms with Crippen molar-refractivity contribution < 1.29 is 23.2 Å². The summed E-state index contributed by atoms with van der Waals surface area (Å²) in [6, 6.07) is 0. The fraction of sp³-hybridized carbons (Fsp3) is 0.600. The third-order valence-electron chi connectivity index (χ3n) is 4.74. The van der Waals surface area contributed by atoms with Gasteiger partial charge in [-0.15, -0.1) is 24.8 Å². The molecular weight excluding hydrogens is 402 g/mol. The van der Waals surface area contributed by atoms with Crippen LogP contribution in [-0.2, 0) is 23.2 Å². The maximum absolute atomic E-state index is 2.44. The summed E-state index contributed by atoms with van der Waals surface area (Å²) < 4.78 is 3.72. The zero-order valence-electron chi connectivity index (χ0n) is 15.0. The summed E-state index contributed by atoms with van der Waals surface area (Å²) in [5.41, 5.74) is 3.43. The van der Waals surface area contributed by atoms with Crippen LogP contribution in [0.2, 0.25) is 0 Å². The van der Waals surface area contributed by atoms with Crippen LogP contribution in [0.5, 0.6) is 0 Å². The van der Waals surface area contributed by atoms with Gasteiger partial charge in [0.1, 0.15) is 0 Å². The Hall–Kier alpha value is 0.423. The Morgan fingerprint density at radius 2 is 1.22 bits per heavy atom. The predicted molar refractivity (Wildman–Crippen MR) is 104 cm³/mol. The number of allylic oxidation sites excluding steroid dienone is 8. The van der Waals surface area contributed by atoms with Crippen LogP contribution < -0.4 is 0 Å². The molecule has 0 fully saturated rings. The first kappa shape index (κ1) is 23.4. The van der Waals surface area contributed by atoms with Crippen molar-refractivity contribution in [3.8, 4) is 0 Å². The largest absolute Gasteiger partial charge is 0.147 e. The summed E-state index contributed by atoms with van der Waals surface area (Å²) in [6.45, 7) is 9.47. The van der Waals surface area contributed by atoms with Crippen LogP contribution in [0, 0.1) is 11.8 Å². The monoisotopic (exact) mass is 432 g/mol. The number of hydrogen-bond donors (Lipinski definition) is 0. The van der Waals surface area contributed by atoms with Gasteiger partial charge >= 0.3 is 143 Å². The number of halogens is 2. The van der Waals surface area contributed by atoms with Crippen LogP contribution in [0.25, 0.3) is 0 Å². The van der Waals surface area contributed by atoms with E-state index in [1.165, 1.54) is 38.5 Å². The zero-order chi connectivity index (χ0) is 15.2. The molecule has 0 saturated heterocycles. The van der Waals surface area contributed by atoms with E-state index in [1.54, 1.807) is 11.1 Å². The molecule has 0 radical (unpaired) electrons. The van der Waals surface area contributed by atoms with Gasteiger partial charge in [-0.3, -0.25) is 0 Å². The topological polar surface area (TPSA) is 0 Å². The molecule has 3 heteroatoms. The van der Waals surface area contributed by atoms with Crippen LogP contribution in [-0.4, -0.2) is 0 Å². The first-order valence-electron chi connectivity index (χ1n) is 8.73. The van der Waals surface area contributed by atoms with Crippen LogP contribution in [0.3, 0.4) is 0 Å². The van der Waals surface area contributed by atoms with E-state index < -0.39 is 23.2 Å². The van der Waals surface area contributed by atoms with Gasteiger partial charge in [-0.2, -0.15) is 0 Å². The van der Waals surface area contributed by atoms with Crippen molar-refractivity contribution in [3.05, 3.63) is 42.0 Å². The summed E-state index contributed by atoms with van der Waals surface area (Å²) in [5.74, 6) is 1.55. The normalized spacial score (nSPS) is 18.8. The smallest absolute Gasteiger partial charge is 0.147 e. The van der Waals surface area contributed by atoms with E-state index >= 15 is 0 Å². The van der Waals surface area contributed by atoms with Crippen molar-refractivity contribution in [3.63, 3.8) is 0 Å². The van der Waals surface area contributed by atoms with Gasteiger partial charge in [0.05, 0.1) is 0 Å². The van der Waals surface area contributed by atoms with Gasteiger partial charge in [0, 0.05) is 0 Å². The van der Waals surface area contributed by atoms with E-state index in [1.807, 2.05) is 6.56 Å². The average Bonchev–Trinajstić information content (AvgIpc) is 3.09. The summed E-state index contributed by atoms with van der Waals surface area (Å²) in [4.78, 5) is 0. The molecule has 2 aliphatic carbocycles. The number of rotatable bonds is 8. The molecule has 130 valence electrons. The minimum atomic E-state index is -0.537. The summed E-state index contributed by atoms with van der Waals surface area (Å²) in [6.07, 6.45) is 17.5. The Balaban J connectivity index is 0.00000242. The molecule has 0 aromatic carbocycles. The quantitative estimate of drug-likeness (QED) is 0.378. The van der Waals surface area contributed by atoms with Crippen LogP contribution in [0.1, 0.15) is 66.2 Å². The molecule has 23 heavy (non-hydrogen) atoms. The summed E-state index contributed by atoms with van der Waals surface area (Å²) in [7, 11) is 0. The maximum atomic E-state index is 2.44. The van der Waals surface area contributed by atoms with Gasteiger partial charge in [-0.1, -0.05) is 0 Å². The van der Waals surface area contributed by atoms with Crippen molar-refractivity contribution >= 4 is 24.8 Å². The maximum Gasteiger partial charge on any atom is -0.147 e. The Kier molecular flexibility index (Phi) is 12.1. The minimum Gasteiger partial charge on any atom is -0.147 e. The van der Waals surface area contributed by atoms with Crippen LogP contribution in [0.15, 0.2) is 42.0 Å². The molecule has 0 aliphatic heterocycles. The molecule has 0 spiro atoms. The van der Waals surface area contributed by atoms with Gasteiger partial charge in [-0.05, 0) is 0 Å². The molecule has 2 aliphatic rings. The fourth-order valence-corrected chi connectivity index (χ4v) is 7.88. The summed E-state index contributed by atoms with van der Waals surface area (Å²) in [5, 5.41) is 0. The standard InChI is InChI=1S/2C10H15.2ClH.Zr/c2*1-3-6-9(2)10-7-4-5-8-10;;;/h2*4,7,9H,3,5-6H2,1-2H3;2*1H;. The fourth-order valence-electron chi connectivity index (χ4n) is 3.57. The zero-order valence-corrected chi connectivity index (χ0v) is 19.1. The van der Waals surface area contributed by atoms with Crippen molar-refractivity contribution in [2.75, 3.05) is 0 Å². The first-order chi connectivity index (χ1) is 10.2. The van der Waals surface area contributed by atoms with E-state index in [0.717, 1.165) is 11.8 Å². The van der Waals surface area contributed by atoms with Gasteiger partial charge < -0.3 is 0 Å². The average molecular weight is 435 g/mol. The molecule has 0 nitrogen and oxygen atoms in total. The van der Waals surface area contributed by atoms with E-state index in [9.17, 15) is 0 Å². The third-order valence-corrected chi connectivity index (χ3v) is 8.65. The minimum absolute atomic E-state index is 0. The molecule has 0 amide bonds. The molecule has 0 heterocycles. The van der Waals surface area contributed by atoms with Crippen molar-refractivity contribution in [1.29, 1.82) is 0 Å². The Morgan fingerprint density at radius 3 is 1.57 bits per heavy atom. The van der Waals surface area contributed by atoms with Crippen molar-refractivity contribution in [2.45, 2.75) is 66.2 Å². The molecular formula is C20H32Cl2Zr. The van der Waals surface area contributed by atoms with Crippen molar-refractivity contribution in [1.82, 2.24) is 0 Å². The number of hydrogen-bond acceptors (Lipinski definition) is 0. The summed E-state index contributed by atoms with van der Waals surface area (Å²) >= 11 is -0.537.